The van der Waals surface area contributed by atoms with Gasteiger partial charge in [-0.15, -0.1) is 0 Å². The second-order valence-corrected chi connectivity index (χ2v) is 5.53. The molecule has 0 bridgehead atoms. The molecule has 0 atom stereocenters. The first-order valence-electron chi connectivity index (χ1n) is 4.85. The average molecular weight is 206 g/mol. The van der Waals surface area contributed by atoms with E-state index in [1.807, 2.05) is 0 Å². The summed E-state index contributed by atoms with van der Waals surface area (Å²) in [5.74, 6) is 0. The Kier molecular flexibility index (Phi) is 4.15. The second kappa shape index (κ2) is 4.93. The van der Waals surface area contributed by atoms with Crippen LogP contribution in [0.1, 0.15) is 32.1 Å². The molecule has 0 amide bonds. The maximum absolute atomic E-state index is 11.3. The van der Waals surface area contributed by atoms with Gasteiger partial charge in [-0.2, -0.15) is 0 Å². The molecule has 0 heterocycles. The van der Waals surface area contributed by atoms with E-state index in [0.29, 0.717) is 13.1 Å². The van der Waals surface area contributed by atoms with Gasteiger partial charge in [-0.05, 0) is 32.2 Å². The number of hydrogen-bond donors (Lipinski definition) is 2. The first kappa shape index (κ1) is 10.9. The quantitative estimate of drug-likeness (QED) is 0.584. The molecule has 0 radical (unpaired) electrons. The molecular weight excluding hydrogens is 188 g/mol. The summed E-state index contributed by atoms with van der Waals surface area (Å²) >= 11 is 0. The van der Waals surface area contributed by atoms with Crippen LogP contribution in [-0.2, 0) is 10.0 Å². The van der Waals surface area contributed by atoms with Crippen LogP contribution in [0.5, 0.6) is 0 Å². The predicted molar refractivity (Wildman–Crippen MR) is 52.8 cm³/mol. The fourth-order valence-corrected chi connectivity index (χ4v) is 2.58. The smallest absolute Gasteiger partial charge is 0.214 e. The summed E-state index contributed by atoms with van der Waals surface area (Å²) in [6, 6.07) is 0. The zero-order valence-corrected chi connectivity index (χ0v) is 8.65. The molecule has 0 unspecified atom stereocenters. The van der Waals surface area contributed by atoms with Gasteiger partial charge in [0.25, 0.3) is 0 Å². The van der Waals surface area contributed by atoms with Gasteiger partial charge >= 0.3 is 0 Å². The molecule has 1 saturated carbocycles. The Morgan fingerprint density at radius 2 is 1.92 bits per heavy atom. The Morgan fingerprint density at radius 1 is 1.23 bits per heavy atom. The third-order valence-corrected chi connectivity index (χ3v) is 4.10. The summed E-state index contributed by atoms with van der Waals surface area (Å²) in [4.78, 5) is 0. The van der Waals surface area contributed by atoms with Crippen LogP contribution >= 0.6 is 0 Å². The lowest BCUT2D eigenvalue weighted by Crippen LogP contribution is -2.28. The van der Waals surface area contributed by atoms with E-state index in [0.717, 1.165) is 32.1 Å². The van der Waals surface area contributed by atoms with Crippen LogP contribution < -0.4 is 10.5 Å². The van der Waals surface area contributed by atoms with Crippen molar-refractivity contribution < 1.29 is 8.42 Å². The number of sulfonamides is 1. The van der Waals surface area contributed by atoms with Gasteiger partial charge in [0, 0.05) is 6.54 Å². The molecule has 0 spiro atoms. The van der Waals surface area contributed by atoms with Crippen molar-refractivity contribution in [3.8, 4) is 0 Å². The summed E-state index contributed by atoms with van der Waals surface area (Å²) in [5.41, 5.74) is 5.32. The summed E-state index contributed by atoms with van der Waals surface area (Å²) in [6.45, 7) is 1.26. The molecule has 4 nitrogen and oxygen atoms in total. The monoisotopic (exact) mass is 206 g/mol. The highest BCUT2D eigenvalue weighted by molar-refractivity contribution is 7.90. The maximum Gasteiger partial charge on any atom is 0.214 e. The number of hydrogen-bond acceptors (Lipinski definition) is 3. The van der Waals surface area contributed by atoms with Crippen molar-refractivity contribution in [1.82, 2.24) is 4.72 Å². The Balaban J connectivity index is 2.04. The summed E-state index contributed by atoms with van der Waals surface area (Å²) in [7, 11) is -2.96. The number of rotatable bonds is 7. The lowest BCUT2D eigenvalue weighted by Gasteiger charge is -2.04. The minimum absolute atomic E-state index is 0.0954. The topological polar surface area (TPSA) is 72.2 Å². The number of nitrogens with two attached hydrogens (primary N) is 1. The highest BCUT2D eigenvalue weighted by Crippen LogP contribution is 2.27. The Bertz CT molecular complexity index is 235. The van der Waals surface area contributed by atoms with Crippen LogP contribution in [0.2, 0.25) is 0 Å². The molecule has 1 aliphatic carbocycles. The number of nitrogens with one attached hydrogen (secondary N) is 1. The van der Waals surface area contributed by atoms with Gasteiger partial charge in [-0.3, -0.25) is 0 Å². The lowest BCUT2D eigenvalue weighted by molar-refractivity contribution is 0.573. The molecule has 1 aliphatic rings. The van der Waals surface area contributed by atoms with E-state index < -0.39 is 10.0 Å². The van der Waals surface area contributed by atoms with Crippen LogP contribution in [0.25, 0.3) is 0 Å². The van der Waals surface area contributed by atoms with Crippen LogP contribution in [0, 0.1) is 0 Å². The van der Waals surface area contributed by atoms with Crippen molar-refractivity contribution in [2.75, 3.05) is 13.1 Å². The molecule has 1 fully saturated rings. The minimum Gasteiger partial charge on any atom is -0.330 e. The zero-order chi connectivity index (χ0) is 9.73. The van der Waals surface area contributed by atoms with E-state index in [1.165, 1.54) is 0 Å². The molecular formula is C8H18N2O2S. The highest BCUT2D eigenvalue weighted by Gasteiger charge is 2.34. The third kappa shape index (κ3) is 4.06. The standard InChI is InChI=1S/C8H18N2O2S/c9-6-2-1-3-7-10-13(11,12)8-4-5-8/h8,10H,1-7,9H2. The summed E-state index contributed by atoms with van der Waals surface area (Å²) in [6.07, 6.45) is 4.54. The van der Waals surface area contributed by atoms with Gasteiger partial charge < -0.3 is 5.73 Å². The van der Waals surface area contributed by atoms with Crippen molar-refractivity contribution in [1.29, 1.82) is 0 Å². The van der Waals surface area contributed by atoms with Crippen molar-refractivity contribution in [3.05, 3.63) is 0 Å². The Hall–Kier alpha value is -0.130. The molecule has 0 aromatic rings. The SMILES string of the molecule is NCCCCCNS(=O)(=O)C1CC1. The van der Waals surface area contributed by atoms with Gasteiger partial charge in [0.1, 0.15) is 0 Å². The van der Waals surface area contributed by atoms with E-state index in [2.05, 4.69) is 4.72 Å². The zero-order valence-electron chi connectivity index (χ0n) is 7.83. The van der Waals surface area contributed by atoms with Crippen molar-refractivity contribution in [2.45, 2.75) is 37.4 Å². The largest absolute Gasteiger partial charge is 0.330 e. The molecule has 0 saturated heterocycles. The number of unbranched alkanes of at least 4 members (excludes halogenated alkanes) is 2. The van der Waals surface area contributed by atoms with Gasteiger partial charge in [0.2, 0.25) is 10.0 Å². The van der Waals surface area contributed by atoms with E-state index in [9.17, 15) is 8.42 Å². The fourth-order valence-electron chi connectivity index (χ4n) is 1.16. The van der Waals surface area contributed by atoms with Crippen molar-refractivity contribution >= 4 is 10.0 Å². The predicted octanol–water partition coefficient (Wildman–Crippen LogP) is 0.197. The molecule has 0 aliphatic heterocycles. The van der Waals surface area contributed by atoms with E-state index in [4.69, 9.17) is 5.73 Å². The van der Waals surface area contributed by atoms with Crippen LogP contribution in [0.4, 0.5) is 0 Å². The van der Waals surface area contributed by atoms with E-state index in [-0.39, 0.29) is 5.25 Å². The fraction of sp³-hybridized carbons (Fsp3) is 1.00. The summed E-state index contributed by atoms with van der Waals surface area (Å²) < 4.78 is 25.2. The maximum atomic E-state index is 11.3. The van der Waals surface area contributed by atoms with Gasteiger partial charge in [-0.25, -0.2) is 13.1 Å². The molecule has 78 valence electrons. The highest BCUT2D eigenvalue weighted by atomic mass is 32.2. The molecule has 3 N–H and O–H groups in total. The molecule has 13 heavy (non-hydrogen) atoms. The van der Waals surface area contributed by atoms with Crippen molar-refractivity contribution in [2.24, 2.45) is 5.73 Å². The van der Waals surface area contributed by atoms with Crippen LogP contribution in [-0.4, -0.2) is 26.8 Å². The van der Waals surface area contributed by atoms with Crippen LogP contribution in [0.3, 0.4) is 0 Å². The first-order valence-corrected chi connectivity index (χ1v) is 6.40. The average Bonchev–Trinajstić information content (AvgIpc) is 2.86. The van der Waals surface area contributed by atoms with Crippen LogP contribution in [0.15, 0.2) is 0 Å². The first-order chi connectivity index (χ1) is 6.17. The van der Waals surface area contributed by atoms with Gasteiger partial charge in [-0.1, -0.05) is 6.42 Å². The Labute approximate surface area is 79.9 Å². The van der Waals surface area contributed by atoms with E-state index in [1.54, 1.807) is 0 Å². The second-order valence-electron chi connectivity index (χ2n) is 3.49. The van der Waals surface area contributed by atoms with Gasteiger partial charge in [0.05, 0.1) is 5.25 Å². The third-order valence-electron chi connectivity index (χ3n) is 2.15. The van der Waals surface area contributed by atoms with Gasteiger partial charge in [0.15, 0.2) is 0 Å². The normalized spacial score (nSPS) is 17.6. The lowest BCUT2D eigenvalue weighted by atomic mass is 10.2. The molecule has 0 aromatic carbocycles. The molecule has 5 heteroatoms. The van der Waals surface area contributed by atoms with Crippen molar-refractivity contribution in [3.63, 3.8) is 0 Å². The Morgan fingerprint density at radius 3 is 2.46 bits per heavy atom. The van der Waals surface area contributed by atoms with E-state index >= 15 is 0 Å². The molecule has 1 rings (SSSR count). The molecule has 0 aromatic heterocycles. The minimum atomic E-state index is -2.96. The summed E-state index contributed by atoms with van der Waals surface area (Å²) in [5, 5.41) is -0.0954.